The maximum Gasteiger partial charge on any atom is 0.0416 e. The first-order valence-corrected chi connectivity index (χ1v) is 5.78. The molecule has 1 aliphatic carbocycles. The van der Waals surface area contributed by atoms with Crippen molar-refractivity contribution < 1.29 is 0 Å². The predicted molar refractivity (Wildman–Crippen MR) is 60.5 cm³/mol. The summed E-state index contributed by atoms with van der Waals surface area (Å²) in [5, 5.41) is 2.75. The molecule has 0 spiro atoms. The van der Waals surface area contributed by atoms with Gasteiger partial charge in [-0.25, -0.2) is 0 Å². The molecule has 0 fully saturated rings. The lowest BCUT2D eigenvalue weighted by atomic mass is 10.0. The molecule has 0 bridgehead atoms. The lowest BCUT2D eigenvalue weighted by Gasteiger charge is -2.04. The van der Waals surface area contributed by atoms with Crippen LogP contribution in [0.5, 0.6) is 0 Å². The number of fused-ring (bicyclic) bond motifs is 1. The third kappa shape index (κ3) is 1.32. The summed E-state index contributed by atoms with van der Waals surface area (Å²) in [6.45, 7) is 2.25. The van der Waals surface area contributed by atoms with E-state index in [4.69, 9.17) is 0 Å². The number of rotatable bonds is 1. The van der Waals surface area contributed by atoms with Gasteiger partial charge in [-0.15, -0.1) is 0 Å². The molecular formula is C10H12IN. The fraction of sp³-hybridized carbons (Fsp3) is 0.400. The molecular weight excluding hydrogens is 261 g/mol. The van der Waals surface area contributed by atoms with Gasteiger partial charge in [0, 0.05) is 16.0 Å². The van der Waals surface area contributed by atoms with E-state index in [-0.39, 0.29) is 0 Å². The van der Waals surface area contributed by atoms with E-state index in [1.54, 1.807) is 0 Å². The maximum absolute atomic E-state index is 3.32. The van der Waals surface area contributed by atoms with Gasteiger partial charge >= 0.3 is 0 Å². The molecule has 1 unspecified atom stereocenters. The molecule has 1 N–H and O–H groups in total. The molecule has 0 amide bonds. The molecule has 64 valence electrons. The minimum absolute atomic E-state index is 0.693. The van der Waals surface area contributed by atoms with Crippen molar-refractivity contribution in [3.05, 3.63) is 22.3 Å². The van der Waals surface area contributed by atoms with Crippen molar-refractivity contribution in [3.63, 3.8) is 0 Å². The van der Waals surface area contributed by atoms with Gasteiger partial charge in [-0.05, 0) is 23.1 Å². The van der Waals surface area contributed by atoms with Crippen LogP contribution in [-0.4, -0.2) is 4.98 Å². The quantitative estimate of drug-likeness (QED) is 0.590. The number of hydrogen-bond acceptors (Lipinski definition) is 0. The zero-order chi connectivity index (χ0) is 8.55. The molecule has 1 aliphatic rings. The summed E-state index contributed by atoms with van der Waals surface area (Å²) in [6, 6.07) is 0. The lowest BCUT2D eigenvalue weighted by molar-refractivity contribution is 0.797. The van der Waals surface area contributed by atoms with E-state index in [0.29, 0.717) is 5.92 Å². The first-order chi connectivity index (χ1) is 5.81. The van der Waals surface area contributed by atoms with E-state index >= 15 is 0 Å². The molecule has 0 radical (unpaired) electrons. The predicted octanol–water partition coefficient (Wildman–Crippen LogP) is 1.55. The monoisotopic (exact) mass is 273 g/mol. The number of H-pyrrole nitrogens is 1. The second kappa shape index (κ2) is 3.24. The molecule has 2 rings (SSSR count). The van der Waals surface area contributed by atoms with Crippen molar-refractivity contribution in [2.75, 3.05) is 0 Å². The zero-order valence-electron chi connectivity index (χ0n) is 7.10. The van der Waals surface area contributed by atoms with Crippen molar-refractivity contribution >= 4 is 34.7 Å². The first kappa shape index (κ1) is 8.35. The summed E-state index contributed by atoms with van der Waals surface area (Å²) in [4.78, 5) is 3.32. The molecule has 2 heteroatoms. The Morgan fingerprint density at radius 3 is 3.25 bits per heavy atom. The van der Waals surface area contributed by atoms with Gasteiger partial charge in [0.1, 0.15) is 0 Å². The van der Waals surface area contributed by atoms with Gasteiger partial charge in [0.15, 0.2) is 0 Å². The summed E-state index contributed by atoms with van der Waals surface area (Å²) < 4.78 is 1.10. The first-order valence-electron chi connectivity index (χ1n) is 4.25. The van der Waals surface area contributed by atoms with Crippen molar-refractivity contribution in [2.24, 2.45) is 5.92 Å². The molecule has 0 saturated carbocycles. The van der Waals surface area contributed by atoms with Crippen LogP contribution in [0.2, 0.25) is 0 Å². The van der Waals surface area contributed by atoms with E-state index in [0.717, 1.165) is 4.43 Å². The summed E-state index contributed by atoms with van der Waals surface area (Å²) in [6.07, 6.45) is 7.99. The minimum Gasteiger partial charge on any atom is -0.361 e. The smallest absolute Gasteiger partial charge is 0.0416 e. The van der Waals surface area contributed by atoms with Gasteiger partial charge in [-0.3, -0.25) is 0 Å². The van der Waals surface area contributed by atoms with Crippen molar-refractivity contribution in [1.29, 1.82) is 0 Å². The Morgan fingerprint density at radius 1 is 1.67 bits per heavy atom. The highest BCUT2D eigenvalue weighted by molar-refractivity contribution is 14.1. The van der Waals surface area contributed by atoms with Gasteiger partial charge < -0.3 is 4.98 Å². The van der Waals surface area contributed by atoms with E-state index in [2.05, 4.69) is 52.8 Å². The standard InChI is InChI=1S/C10H12IN/c1-7-2-3-9-8(5-11)6-12-10(9)4-7/h3-4,6-7,12H,2,5H2,1H3. The number of aromatic amines is 1. The van der Waals surface area contributed by atoms with Crippen molar-refractivity contribution in [1.82, 2.24) is 4.98 Å². The van der Waals surface area contributed by atoms with Gasteiger partial charge in [-0.2, -0.15) is 0 Å². The molecule has 1 atom stereocenters. The molecule has 1 heterocycles. The Balaban J connectivity index is 2.66. The highest BCUT2D eigenvalue weighted by Crippen LogP contribution is 2.07. The number of hydrogen-bond donors (Lipinski definition) is 1. The van der Waals surface area contributed by atoms with Crippen molar-refractivity contribution in [2.45, 2.75) is 17.8 Å². The number of nitrogens with one attached hydrogen (secondary N) is 1. The van der Waals surface area contributed by atoms with Crippen LogP contribution in [0.4, 0.5) is 0 Å². The molecule has 0 saturated heterocycles. The minimum atomic E-state index is 0.693. The summed E-state index contributed by atoms with van der Waals surface area (Å²) in [7, 11) is 0. The van der Waals surface area contributed by atoms with Crippen molar-refractivity contribution in [3.8, 4) is 0 Å². The van der Waals surface area contributed by atoms with E-state index < -0.39 is 0 Å². The lowest BCUT2D eigenvalue weighted by Crippen LogP contribution is -2.28. The van der Waals surface area contributed by atoms with Crippen LogP contribution in [0.15, 0.2) is 6.20 Å². The highest BCUT2D eigenvalue weighted by atomic mass is 127. The van der Waals surface area contributed by atoms with E-state index in [9.17, 15) is 0 Å². The highest BCUT2D eigenvalue weighted by Gasteiger charge is 2.04. The average molecular weight is 273 g/mol. The van der Waals surface area contributed by atoms with Crippen LogP contribution in [0.25, 0.3) is 12.2 Å². The Labute approximate surface area is 85.7 Å². The van der Waals surface area contributed by atoms with Gasteiger partial charge in [-0.1, -0.05) is 41.7 Å². The van der Waals surface area contributed by atoms with Gasteiger partial charge in [0.05, 0.1) is 0 Å². The molecule has 1 aromatic heterocycles. The Kier molecular flexibility index (Phi) is 2.26. The summed E-state index contributed by atoms with van der Waals surface area (Å²) >= 11 is 2.41. The van der Waals surface area contributed by atoms with Crippen LogP contribution < -0.4 is 10.6 Å². The Bertz CT molecular complexity index is 388. The fourth-order valence-corrected chi connectivity index (χ4v) is 2.27. The molecule has 0 aliphatic heterocycles. The largest absolute Gasteiger partial charge is 0.361 e. The molecule has 1 aromatic rings. The summed E-state index contributed by atoms with van der Waals surface area (Å²) in [5.74, 6) is 0.693. The zero-order valence-corrected chi connectivity index (χ0v) is 9.26. The number of aromatic nitrogens is 1. The molecule has 0 aromatic carbocycles. The van der Waals surface area contributed by atoms with Crippen LogP contribution in [0.1, 0.15) is 18.9 Å². The summed E-state index contributed by atoms with van der Waals surface area (Å²) in [5.41, 5.74) is 1.44. The third-order valence-electron chi connectivity index (χ3n) is 2.33. The maximum atomic E-state index is 3.32. The van der Waals surface area contributed by atoms with E-state index in [1.807, 2.05) is 0 Å². The van der Waals surface area contributed by atoms with Crippen LogP contribution in [0.3, 0.4) is 0 Å². The average Bonchev–Trinajstić information content (AvgIpc) is 2.46. The topological polar surface area (TPSA) is 15.8 Å². The van der Waals surface area contributed by atoms with Gasteiger partial charge in [0.25, 0.3) is 0 Å². The third-order valence-corrected chi connectivity index (χ3v) is 3.15. The SMILES string of the molecule is CC1C=c2[nH]cc(CI)c2=CC1. The van der Waals surface area contributed by atoms with E-state index in [1.165, 1.54) is 22.6 Å². The molecule has 12 heavy (non-hydrogen) atoms. The second-order valence-corrected chi connectivity index (χ2v) is 4.12. The van der Waals surface area contributed by atoms with Crippen LogP contribution >= 0.6 is 22.6 Å². The second-order valence-electron chi connectivity index (χ2n) is 3.36. The molecule has 1 nitrogen and oxygen atoms in total. The Morgan fingerprint density at radius 2 is 2.50 bits per heavy atom. The number of halogens is 1. The fourth-order valence-electron chi connectivity index (χ4n) is 1.64. The normalized spacial score (nSPS) is 21.0. The van der Waals surface area contributed by atoms with Gasteiger partial charge in [0.2, 0.25) is 0 Å². The van der Waals surface area contributed by atoms with Crippen LogP contribution in [0, 0.1) is 5.92 Å². The number of alkyl halides is 1. The van der Waals surface area contributed by atoms with Crippen LogP contribution in [-0.2, 0) is 4.43 Å². The Hall–Kier alpha value is -0.250.